The molecule has 0 aliphatic carbocycles. The van der Waals surface area contributed by atoms with Crippen molar-refractivity contribution < 1.29 is 0 Å². The van der Waals surface area contributed by atoms with Crippen molar-refractivity contribution in [2.24, 2.45) is 12.8 Å². The third-order valence-corrected chi connectivity index (χ3v) is 2.13. The standard InChI is InChI=1S/C7H12ClN3O/c1-11-5(3-2-4-9)6(8)7(12)10-11/h2-4,9H2,1H3,(H,10,12). The fourth-order valence-corrected chi connectivity index (χ4v) is 1.36. The quantitative estimate of drug-likeness (QED) is 0.717. The topological polar surface area (TPSA) is 63.8 Å². The number of hydrogen-bond acceptors (Lipinski definition) is 2. The zero-order chi connectivity index (χ0) is 9.14. The third kappa shape index (κ3) is 1.70. The van der Waals surface area contributed by atoms with Gasteiger partial charge in [0.1, 0.15) is 5.02 Å². The highest BCUT2D eigenvalue weighted by atomic mass is 35.5. The fourth-order valence-electron chi connectivity index (χ4n) is 1.09. The first-order valence-corrected chi connectivity index (χ1v) is 4.18. The first kappa shape index (κ1) is 9.35. The normalized spacial score (nSPS) is 10.6. The molecule has 0 saturated heterocycles. The van der Waals surface area contributed by atoms with E-state index < -0.39 is 0 Å². The van der Waals surface area contributed by atoms with Crippen molar-refractivity contribution >= 4 is 11.6 Å². The number of halogens is 1. The van der Waals surface area contributed by atoms with E-state index >= 15 is 0 Å². The molecular weight excluding hydrogens is 178 g/mol. The molecule has 1 heterocycles. The van der Waals surface area contributed by atoms with Crippen molar-refractivity contribution in [3.8, 4) is 0 Å². The number of aromatic amines is 1. The summed E-state index contributed by atoms with van der Waals surface area (Å²) in [5.74, 6) is 0. The van der Waals surface area contributed by atoms with Gasteiger partial charge in [-0.1, -0.05) is 11.6 Å². The van der Waals surface area contributed by atoms with Crippen LogP contribution in [0.3, 0.4) is 0 Å². The molecule has 0 atom stereocenters. The molecule has 68 valence electrons. The summed E-state index contributed by atoms with van der Waals surface area (Å²) in [4.78, 5) is 11.0. The molecule has 0 amide bonds. The van der Waals surface area contributed by atoms with Gasteiger partial charge >= 0.3 is 0 Å². The zero-order valence-electron chi connectivity index (χ0n) is 6.93. The van der Waals surface area contributed by atoms with Crippen molar-refractivity contribution in [1.82, 2.24) is 9.78 Å². The Hall–Kier alpha value is -0.740. The van der Waals surface area contributed by atoms with Crippen LogP contribution in [0.1, 0.15) is 12.1 Å². The van der Waals surface area contributed by atoms with Gasteiger partial charge in [-0.25, -0.2) is 0 Å². The number of nitrogens with zero attached hydrogens (tertiary/aromatic N) is 1. The lowest BCUT2D eigenvalue weighted by Crippen LogP contribution is -2.04. The molecule has 0 spiro atoms. The van der Waals surface area contributed by atoms with E-state index in [2.05, 4.69) is 5.10 Å². The summed E-state index contributed by atoms with van der Waals surface area (Å²) in [7, 11) is 1.76. The molecule has 5 heteroatoms. The summed E-state index contributed by atoms with van der Waals surface area (Å²) < 4.78 is 1.64. The number of nitrogens with two attached hydrogens (primary N) is 1. The molecule has 1 aromatic rings. The summed E-state index contributed by atoms with van der Waals surface area (Å²) >= 11 is 5.74. The van der Waals surface area contributed by atoms with Crippen LogP contribution in [0.4, 0.5) is 0 Å². The van der Waals surface area contributed by atoms with E-state index in [-0.39, 0.29) is 10.6 Å². The fraction of sp³-hybridized carbons (Fsp3) is 0.571. The second-order valence-corrected chi connectivity index (χ2v) is 3.03. The summed E-state index contributed by atoms with van der Waals surface area (Å²) in [5.41, 5.74) is 5.94. The van der Waals surface area contributed by atoms with Crippen LogP contribution in [0.15, 0.2) is 4.79 Å². The maximum atomic E-state index is 11.0. The molecule has 4 nitrogen and oxygen atoms in total. The van der Waals surface area contributed by atoms with Crippen LogP contribution >= 0.6 is 11.6 Å². The Kier molecular flexibility index (Phi) is 2.94. The van der Waals surface area contributed by atoms with Crippen molar-refractivity contribution in [2.75, 3.05) is 6.54 Å². The minimum Gasteiger partial charge on any atom is -0.330 e. The first-order valence-electron chi connectivity index (χ1n) is 3.80. The predicted molar refractivity (Wildman–Crippen MR) is 48.4 cm³/mol. The van der Waals surface area contributed by atoms with E-state index in [1.54, 1.807) is 11.7 Å². The second-order valence-electron chi connectivity index (χ2n) is 2.65. The van der Waals surface area contributed by atoms with E-state index in [9.17, 15) is 4.79 Å². The number of aryl methyl sites for hydroxylation is 1. The molecule has 0 saturated carbocycles. The van der Waals surface area contributed by atoms with Gasteiger partial charge in [-0.05, 0) is 19.4 Å². The Balaban J connectivity index is 2.90. The predicted octanol–water partition coefficient (Wildman–Crippen LogP) is 0.258. The molecule has 0 aliphatic rings. The molecule has 0 bridgehead atoms. The van der Waals surface area contributed by atoms with Crippen molar-refractivity contribution in [2.45, 2.75) is 12.8 Å². The monoisotopic (exact) mass is 189 g/mol. The number of hydrogen-bond donors (Lipinski definition) is 2. The van der Waals surface area contributed by atoms with Crippen LogP contribution in [0.5, 0.6) is 0 Å². The van der Waals surface area contributed by atoms with Crippen LogP contribution in [-0.4, -0.2) is 16.3 Å². The molecule has 12 heavy (non-hydrogen) atoms. The van der Waals surface area contributed by atoms with E-state index in [4.69, 9.17) is 17.3 Å². The molecule has 0 aliphatic heterocycles. The average Bonchev–Trinajstić information content (AvgIpc) is 2.25. The Bertz CT molecular complexity index is 315. The molecule has 3 N–H and O–H groups in total. The molecule has 0 radical (unpaired) electrons. The lowest BCUT2D eigenvalue weighted by Gasteiger charge is -2.00. The Morgan fingerprint density at radius 3 is 2.75 bits per heavy atom. The maximum Gasteiger partial charge on any atom is 0.283 e. The Morgan fingerprint density at radius 2 is 2.33 bits per heavy atom. The van der Waals surface area contributed by atoms with Crippen LogP contribution in [0, 0.1) is 0 Å². The zero-order valence-corrected chi connectivity index (χ0v) is 7.69. The SMILES string of the molecule is Cn1[nH]c(=O)c(Cl)c1CCCN. The lowest BCUT2D eigenvalue weighted by atomic mass is 10.2. The van der Waals surface area contributed by atoms with Gasteiger partial charge in [0.2, 0.25) is 0 Å². The van der Waals surface area contributed by atoms with E-state index in [0.717, 1.165) is 18.5 Å². The Labute approximate surface area is 75.3 Å². The molecule has 0 aromatic carbocycles. The van der Waals surface area contributed by atoms with Gasteiger partial charge in [0.25, 0.3) is 5.56 Å². The molecule has 1 aromatic heterocycles. The number of aromatic nitrogens is 2. The summed E-state index contributed by atoms with van der Waals surface area (Å²) in [5, 5.41) is 2.86. The molecular formula is C7H12ClN3O. The van der Waals surface area contributed by atoms with Crippen molar-refractivity contribution in [1.29, 1.82) is 0 Å². The van der Waals surface area contributed by atoms with Crippen LogP contribution in [0.2, 0.25) is 5.02 Å². The third-order valence-electron chi connectivity index (χ3n) is 1.74. The smallest absolute Gasteiger partial charge is 0.283 e. The summed E-state index contributed by atoms with van der Waals surface area (Å²) in [6.07, 6.45) is 1.58. The lowest BCUT2D eigenvalue weighted by molar-refractivity contribution is 0.681. The maximum absolute atomic E-state index is 11.0. The number of H-pyrrole nitrogens is 1. The van der Waals surface area contributed by atoms with Gasteiger partial charge in [-0.3, -0.25) is 14.6 Å². The molecule has 0 unspecified atom stereocenters. The average molecular weight is 190 g/mol. The van der Waals surface area contributed by atoms with Crippen molar-refractivity contribution in [3.63, 3.8) is 0 Å². The minimum absolute atomic E-state index is 0.230. The highest BCUT2D eigenvalue weighted by Crippen LogP contribution is 2.10. The summed E-state index contributed by atoms with van der Waals surface area (Å²) in [6, 6.07) is 0. The van der Waals surface area contributed by atoms with Gasteiger partial charge in [0.15, 0.2) is 0 Å². The van der Waals surface area contributed by atoms with E-state index in [1.165, 1.54) is 0 Å². The number of nitrogens with one attached hydrogen (secondary N) is 1. The minimum atomic E-state index is -0.230. The second kappa shape index (κ2) is 3.78. The van der Waals surface area contributed by atoms with Gasteiger partial charge < -0.3 is 5.73 Å². The van der Waals surface area contributed by atoms with Crippen LogP contribution in [0.25, 0.3) is 0 Å². The van der Waals surface area contributed by atoms with Crippen LogP contribution in [-0.2, 0) is 13.5 Å². The highest BCUT2D eigenvalue weighted by molar-refractivity contribution is 6.31. The van der Waals surface area contributed by atoms with Gasteiger partial charge in [0, 0.05) is 7.05 Å². The van der Waals surface area contributed by atoms with Gasteiger partial charge in [-0.2, -0.15) is 0 Å². The molecule has 0 fully saturated rings. The van der Waals surface area contributed by atoms with E-state index in [0.29, 0.717) is 6.54 Å². The first-order chi connectivity index (χ1) is 5.66. The van der Waals surface area contributed by atoms with E-state index in [1.807, 2.05) is 0 Å². The van der Waals surface area contributed by atoms with Crippen molar-refractivity contribution in [3.05, 3.63) is 21.1 Å². The largest absolute Gasteiger partial charge is 0.330 e. The van der Waals surface area contributed by atoms with Gasteiger partial charge in [0.05, 0.1) is 5.69 Å². The highest BCUT2D eigenvalue weighted by Gasteiger charge is 2.08. The Morgan fingerprint density at radius 1 is 1.67 bits per heavy atom. The van der Waals surface area contributed by atoms with Gasteiger partial charge in [-0.15, -0.1) is 0 Å². The molecule has 1 rings (SSSR count). The summed E-state index contributed by atoms with van der Waals surface area (Å²) in [6.45, 7) is 0.607. The number of rotatable bonds is 3. The van der Waals surface area contributed by atoms with Crippen LogP contribution < -0.4 is 11.3 Å².